The number of nitrogens with two attached hydrogens (primary N) is 1. The maximum Gasteiger partial charge on any atom is 0.0904 e. The Morgan fingerprint density at radius 3 is 1.67 bits per heavy atom. The molecule has 0 bridgehead atoms. The topological polar surface area (TPSA) is 66.5 Å². The first kappa shape index (κ1) is 9.23. The quantitative estimate of drug-likeness (QED) is 0.317. The van der Waals surface area contributed by atoms with Gasteiger partial charge >= 0.3 is 0 Å². The van der Waals surface area contributed by atoms with Crippen LogP contribution in [-0.4, -0.2) is 10.3 Å². The molecule has 0 saturated carbocycles. The Hall–Kier alpha value is -0.250. The van der Waals surface area contributed by atoms with E-state index in [0.29, 0.717) is 0 Å². The van der Waals surface area contributed by atoms with Crippen molar-refractivity contribution in [2.75, 3.05) is 0 Å². The van der Waals surface area contributed by atoms with Gasteiger partial charge in [0.2, 0.25) is 0 Å². The molecule has 0 unspecified atom stereocenters. The molecule has 0 heterocycles. The van der Waals surface area contributed by atoms with E-state index in [4.69, 9.17) is 21.9 Å². The van der Waals surface area contributed by atoms with Gasteiger partial charge in [0, 0.05) is 5.54 Å². The summed E-state index contributed by atoms with van der Waals surface area (Å²) in [6.45, 7) is 0. The molecule has 4 heteroatoms. The lowest BCUT2D eigenvalue weighted by Crippen LogP contribution is -1.72. The van der Waals surface area contributed by atoms with Crippen LogP contribution in [0.25, 0.3) is 0 Å². The van der Waals surface area contributed by atoms with Gasteiger partial charge in [0.1, 0.15) is 0 Å². The van der Waals surface area contributed by atoms with Gasteiger partial charge in [0.15, 0.2) is 0 Å². The molecule has 6 heavy (non-hydrogen) atoms. The molecule has 0 aromatic heterocycles. The number of hydrogen-bond donors (Lipinski definition) is 3. The summed E-state index contributed by atoms with van der Waals surface area (Å²) in [6, 6.07) is 0. The molecule has 0 aromatic rings. The normalized spacial score (nSPS) is 7.17. The molecule has 0 aromatic carbocycles. The van der Waals surface area contributed by atoms with Crippen LogP contribution in [0, 0.1) is 0 Å². The maximum absolute atomic E-state index is 7.56. The molecule has 0 amide bonds. The van der Waals surface area contributed by atoms with Crippen molar-refractivity contribution in [2.45, 2.75) is 0 Å². The van der Waals surface area contributed by atoms with Crippen molar-refractivity contribution in [2.24, 2.45) is 5.90 Å². The first-order valence-electron chi connectivity index (χ1n) is 1.07. The van der Waals surface area contributed by atoms with E-state index in [0.717, 1.165) is 11.8 Å². The second-order valence-electron chi connectivity index (χ2n) is 0.275. The summed E-state index contributed by atoms with van der Waals surface area (Å²) < 4.78 is 0. The van der Waals surface area contributed by atoms with Crippen LogP contribution in [0.2, 0.25) is 0 Å². The Morgan fingerprint density at radius 1 is 1.50 bits per heavy atom. The molecule has 0 aliphatic carbocycles. The number of aliphatic hydroxyl groups is 1. The summed E-state index contributed by atoms with van der Waals surface area (Å²) in [5, 5.41) is 14.1. The van der Waals surface area contributed by atoms with Crippen molar-refractivity contribution in [1.82, 2.24) is 0 Å². The van der Waals surface area contributed by atoms with Crippen LogP contribution in [0.15, 0.2) is 11.8 Å². The number of halogens is 1. The van der Waals surface area contributed by atoms with Gasteiger partial charge in [0.25, 0.3) is 0 Å². The van der Waals surface area contributed by atoms with Crippen molar-refractivity contribution in [3.8, 4) is 0 Å². The van der Waals surface area contributed by atoms with Gasteiger partial charge in [-0.15, -0.1) is 0 Å². The summed E-state index contributed by atoms with van der Waals surface area (Å²) in [5.74, 6) is 3.50. The number of rotatable bonds is 0. The lowest BCUT2D eigenvalue weighted by Gasteiger charge is -1.51. The Morgan fingerprint density at radius 2 is 1.67 bits per heavy atom. The maximum atomic E-state index is 7.56. The largest absolute Gasteiger partial charge is 0.515 e. The molecule has 4 N–H and O–H groups in total. The molecule has 38 valence electrons. The summed E-state index contributed by atoms with van der Waals surface area (Å²) in [5.41, 5.74) is 1.03. The second kappa shape index (κ2) is 21.8. The van der Waals surface area contributed by atoms with E-state index in [1.165, 1.54) is 0 Å². The minimum absolute atomic E-state index is 0.765. The zero-order chi connectivity index (χ0) is 5.41. The van der Waals surface area contributed by atoms with E-state index in [-0.39, 0.29) is 0 Å². The van der Waals surface area contributed by atoms with E-state index in [1.807, 2.05) is 0 Å². The van der Waals surface area contributed by atoms with Gasteiger partial charge in [0.05, 0.1) is 6.26 Å². The van der Waals surface area contributed by atoms with Crippen molar-refractivity contribution in [3.05, 3.63) is 11.8 Å². The predicted octanol–water partition coefficient (Wildman–Crippen LogP) is 0.589. The Labute approximate surface area is 40.6 Å². The smallest absolute Gasteiger partial charge is 0.0904 e. The van der Waals surface area contributed by atoms with E-state index in [1.54, 1.807) is 0 Å². The Bertz CT molecular complexity index is 26.7. The van der Waals surface area contributed by atoms with Gasteiger partial charge in [-0.25, -0.2) is 5.90 Å². The van der Waals surface area contributed by atoms with E-state index in [2.05, 4.69) is 5.90 Å². The van der Waals surface area contributed by atoms with Crippen molar-refractivity contribution in [3.63, 3.8) is 0 Å². The van der Waals surface area contributed by atoms with E-state index < -0.39 is 0 Å². The van der Waals surface area contributed by atoms with Gasteiger partial charge < -0.3 is 10.3 Å². The van der Waals surface area contributed by atoms with Crippen molar-refractivity contribution < 1.29 is 10.3 Å². The van der Waals surface area contributed by atoms with Gasteiger partial charge in [-0.3, -0.25) is 0 Å². The number of hydrogen-bond acceptors (Lipinski definition) is 3. The molecule has 0 saturated heterocycles. The molecular weight excluding hydrogens is 105 g/mol. The number of aliphatic hydroxyl groups excluding tert-OH is 1. The van der Waals surface area contributed by atoms with Gasteiger partial charge in [-0.05, 0) is 0 Å². The predicted molar refractivity (Wildman–Crippen MR) is 23.6 cm³/mol. The molecule has 0 atom stereocenters. The summed E-state index contributed by atoms with van der Waals surface area (Å²) >= 11 is 4.76. The average molecular weight is 112 g/mol. The van der Waals surface area contributed by atoms with Crippen LogP contribution in [0.5, 0.6) is 0 Å². The highest BCUT2D eigenvalue weighted by Gasteiger charge is 1.38. The SMILES string of the molecule is NO.OC=CCl. The van der Waals surface area contributed by atoms with E-state index >= 15 is 0 Å². The highest BCUT2D eigenvalue weighted by atomic mass is 35.5. The standard InChI is InChI=1S/C2H3ClO.H3NO/c3-1-2-4;1-2/h1-2,4H;2H,1H2. The summed E-state index contributed by atoms with van der Waals surface area (Å²) in [7, 11) is 0. The van der Waals surface area contributed by atoms with Crippen LogP contribution in [0.1, 0.15) is 0 Å². The van der Waals surface area contributed by atoms with Crippen LogP contribution in [0.4, 0.5) is 0 Å². The zero-order valence-electron chi connectivity index (χ0n) is 3.00. The summed E-state index contributed by atoms with van der Waals surface area (Å²) in [6.07, 6.45) is 0.765. The Kier molecular flexibility index (Phi) is 33.5. The molecular formula is C2H6ClNO2. The molecule has 3 nitrogen and oxygen atoms in total. The highest BCUT2D eigenvalue weighted by Crippen LogP contribution is 1.67. The van der Waals surface area contributed by atoms with Gasteiger partial charge in [-0.2, -0.15) is 0 Å². The molecule has 0 aliphatic rings. The third-order valence-electron chi connectivity index (χ3n) is 0.0563. The zero-order valence-corrected chi connectivity index (χ0v) is 3.76. The molecule has 0 rings (SSSR count). The molecule has 0 spiro atoms. The van der Waals surface area contributed by atoms with Crippen LogP contribution in [0.3, 0.4) is 0 Å². The lowest BCUT2D eigenvalue weighted by molar-refractivity contribution is 0.311. The third-order valence-corrected chi connectivity index (χ3v) is 0.169. The molecule has 0 fully saturated rings. The fourth-order valence-corrected chi connectivity index (χ4v) is 0. The molecule has 0 aliphatic heterocycles. The first-order valence-corrected chi connectivity index (χ1v) is 1.50. The van der Waals surface area contributed by atoms with E-state index in [9.17, 15) is 0 Å². The van der Waals surface area contributed by atoms with Gasteiger partial charge in [-0.1, -0.05) is 11.6 Å². The molecule has 0 radical (unpaired) electrons. The van der Waals surface area contributed by atoms with Crippen LogP contribution in [-0.2, 0) is 0 Å². The second-order valence-corrected chi connectivity index (χ2v) is 0.527. The third kappa shape index (κ3) is 50.4. The van der Waals surface area contributed by atoms with Crippen LogP contribution >= 0.6 is 11.6 Å². The van der Waals surface area contributed by atoms with Crippen LogP contribution < -0.4 is 5.90 Å². The lowest BCUT2D eigenvalue weighted by atomic mass is 11.2. The fourth-order valence-electron chi connectivity index (χ4n) is 0. The summed E-state index contributed by atoms with van der Waals surface area (Å²) in [4.78, 5) is 0. The van der Waals surface area contributed by atoms with Crippen molar-refractivity contribution >= 4 is 11.6 Å². The minimum Gasteiger partial charge on any atom is -0.515 e. The highest BCUT2D eigenvalue weighted by molar-refractivity contribution is 6.25. The average Bonchev–Trinajstić information content (AvgIpc) is 1.72. The fraction of sp³-hybridized carbons (Fsp3) is 0. The monoisotopic (exact) mass is 111 g/mol. The Balaban J connectivity index is 0. The van der Waals surface area contributed by atoms with Crippen molar-refractivity contribution in [1.29, 1.82) is 0 Å². The first-order chi connectivity index (χ1) is 2.91. The minimum atomic E-state index is 0.765.